The summed E-state index contributed by atoms with van der Waals surface area (Å²) in [5.41, 5.74) is 6.31. The van der Waals surface area contributed by atoms with Crippen LogP contribution >= 0.6 is 0 Å². The monoisotopic (exact) mass is 265 g/mol. The molecule has 4 N–H and O–H groups in total. The fraction of sp³-hybridized carbons (Fsp3) is 0.333. The van der Waals surface area contributed by atoms with Gasteiger partial charge >= 0.3 is 5.97 Å². The summed E-state index contributed by atoms with van der Waals surface area (Å²) < 4.78 is 0. The Bertz CT molecular complexity index is 502. The van der Waals surface area contributed by atoms with Gasteiger partial charge in [-0.25, -0.2) is 4.79 Å². The lowest BCUT2D eigenvalue weighted by Gasteiger charge is -2.13. The third kappa shape index (κ3) is 4.74. The zero-order valence-corrected chi connectivity index (χ0v) is 10.4. The van der Waals surface area contributed by atoms with E-state index in [9.17, 15) is 14.4 Å². The van der Waals surface area contributed by atoms with Crippen molar-refractivity contribution in [1.29, 1.82) is 0 Å². The van der Waals surface area contributed by atoms with Crippen LogP contribution in [0.3, 0.4) is 0 Å². The second-order valence-electron chi connectivity index (χ2n) is 4.07. The lowest BCUT2D eigenvalue weighted by atomic mass is 10.1. The SMILES string of the molecule is Cc1cccnc1CC(=O)NC(CC(N)=O)C(=O)O. The number of aromatic nitrogens is 1. The molecular weight excluding hydrogens is 250 g/mol. The van der Waals surface area contributed by atoms with Gasteiger partial charge in [-0.1, -0.05) is 6.07 Å². The Morgan fingerprint density at radius 2 is 2.16 bits per heavy atom. The number of hydrogen-bond acceptors (Lipinski definition) is 4. The van der Waals surface area contributed by atoms with E-state index >= 15 is 0 Å². The molecule has 1 rings (SSSR count). The number of carbonyl (C=O) groups is 3. The minimum absolute atomic E-state index is 0.0464. The topological polar surface area (TPSA) is 122 Å². The highest BCUT2D eigenvalue weighted by Gasteiger charge is 2.22. The molecule has 0 radical (unpaired) electrons. The molecule has 1 unspecified atom stereocenters. The molecule has 102 valence electrons. The van der Waals surface area contributed by atoms with E-state index in [0.717, 1.165) is 5.56 Å². The maximum absolute atomic E-state index is 11.7. The number of aryl methyl sites for hydroxylation is 1. The molecule has 1 aromatic heterocycles. The molecule has 7 nitrogen and oxygen atoms in total. The lowest BCUT2D eigenvalue weighted by molar-refractivity contribution is -0.143. The number of hydrogen-bond donors (Lipinski definition) is 3. The largest absolute Gasteiger partial charge is 0.480 e. The first-order valence-corrected chi connectivity index (χ1v) is 5.61. The van der Waals surface area contributed by atoms with Crippen LogP contribution in [-0.4, -0.2) is 33.9 Å². The smallest absolute Gasteiger partial charge is 0.326 e. The molecule has 19 heavy (non-hydrogen) atoms. The molecule has 1 aromatic rings. The number of carboxylic acid groups (broad SMARTS) is 1. The van der Waals surface area contributed by atoms with Crippen molar-refractivity contribution in [2.75, 3.05) is 0 Å². The second-order valence-corrected chi connectivity index (χ2v) is 4.07. The number of aliphatic carboxylic acids is 1. The average molecular weight is 265 g/mol. The van der Waals surface area contributed by atoms with E-state index in [1.807, 2.05) is 0 Å². The quantitative estimate of drug-likeness (QED) is 0.632. The minimum atomic E-state index is -1.31. The van der Waals surface area contributed by atoms with Crippen LogP contribution in [0.4, 0.5) is 0 Å². The average Bonchev–Trinajstić information content (AvgIpc) is 2.30. The van der Waals surface area contributed by atoms with E-state index in [1.165, 1.54) is 0 Å². The van der Waals surface area contributed by atoms with Crippen LogP contribution in [0.5, 0.6) is 0 Å². The first-order chi connectivity index (χ1) is 8.90. The summed E-state index contributed by atoms with van der Waals surface area (Å²) in [7, 11) is 0. The molecule has 0 spiro atoms. The van der Waals surface area contributed by atoms with Gasteiger partial charge in [-0.05, 0) is 18.6 Å². The molecule has 0 bridgehead atoms. The van der Waals surface area contributed by atoms with Gasteiger partial charge < -0.3 is 16.2 Å². The highest BCUT2D eigenvalue weighted by Crippen LogP contribution is 2.04. The standard InChI is InChI=1S/C12H15N3O4/c1-7-3-2-4-14-8(7)6-11(17)15-9(12(18)19)5-10(13)16/h2-4,9H,5-6H2,1H3,(H2,13,16)(H,15,17)(H,18,19). The molecule has 0 aliphatic carbocycles. The van der Waals surface area contributed by atoms with Crippen molar-refractivity contribution in [1.82, 2.24) is 10.3 Å². The van der Waals surface area contributed by atoms with E-state index in [0.29, 0.717) is 5.69 Å². The predicted octanol–water partition coefficient (Wildman–Crippen LogP) is -0.623. The number of carbonyl (C=O) groups excluding carboxylic acids is 2. The van der Waals surface area contributed by atoms with Crippen molar-refractivity contribution in [3.63, 3.8) is 0 Å². The number of pyridine rings is 1. The fourth-order valence-electron chi connectivity index (χ4n) is 1.50. The van der Waals surface area contributed by atoms with Gasteiger partial charge in [0.15, 0.2) is 0 Å². The van der Waals surface area contributed by atoms with Crippen LogP contribution in [0.25, 0.3) is 0 Å². The van der Waals surface area contributed by atoms with Gasteiger partial charge in [0.2, 0.25) is 11.8 Å². The molecule has 0 fully saturated rings. The molecule has 0 saturated heterocycles. The number of nitrogens with two attached hydrogens (primary N) is 1. The Morgan fingerprint density at radius 1 is 1.47 bits per heavy atom. The summed E-state index contributed by atoms with van der Waals surface area (Å²) in [6.07, 6.45) is 1.06. The van der Waals surface area contributed by atoms with Crippen LogP contribution in [-0.2, 0) is 20.8 Å². The Morgan fingerprint density at radius 3 is 2.68 bits per heavy atom. The van der Waals surface area contributed by atoms with Gasteiger partial charge in [-0.15, -0.1) is 0 Å². The highest BCUT2D eigenvalue weighted by molar-refractivity contribution is 5.88. The summed E-state index contributed by atoms with van der Waals surface area (Å²) in [6.45, 7) is 1.80. The number of carboxylic acids is 1. The number of rotatable bonds is 6. The van der Waals surface area contributed by atoms with Crippen LogP contribution in [0.2, 0.25) is 0 Å². The molecule has 0 aliphatic rings. The lowest BCUT2D eigenvalue weighted by Crippen LogP contribution is -2.44. The minimum Gasteiger partial charge on any atom is -0.480 e. The Kier molecular flexibility index (Phi) is 4.99. The van der Waals surface area contributed by atoms with E-state index in [2.05, 4.69) is 10.3 Å². The molecule has 0 aliphatic heterocycles. The second kappa shape index (κ2) is 6.48. The Labute approximate surface area is 109 Å². The molecule has 7 heteroatoms. The van der Waals surface area contributed by atoms with E-state index < -0.39 is 30.2 Å². The van der Waals surface area contributed by atoms with Crippen molar-refractivity contribution in [2.45, 2.75) is 25.8 Å². The van der Waals surface area contributed by atoms with Crippen molar-refractivity contribution in [3.05, 3.63) is 29.6 Å². The predicted molar refractivity (Wildman–Crippen MR) is 66.1 cm³/mol. The third-order valence-electron chi connectivity index (χ3n) is 2.48. The number of amides is 2. The normalized spacial score (nSPS) is 11.6. The fourth-order valence-corrected chi connectivity index (χ4v) is 1.50. The number of nitrogens with one attached hydrogen (secondary N) is 1. The van der Waals surface area contributed by atoms with Gasteiger partial charge in [-0.3, -0.25) is 14.6 Å². The number of primary amides is 1. The van der Waals surface area contributed by atoms with Crippen molar-refractivity contribution >= 4 is 17.8 Å². The summed E-state index contributed by atoms with van der Waals surface area (Å²) >= 11 is 0. The maximum Gasteiger partial charge on any atom is 0.326 e. The van der Waals surface area contributed by atoms with Crippen molar-refractivity contribution in [3.8, 4) is 0 Å². The highest BCUT2D eigenvalue weighted by atomic mass is 16.4. The van der Waals surface area contributed by atoms with Crippen LogP contribution < -0.4 is 11.1 Å². The molecule has 0 aromatic carbocycles. The van der Waals surface area contributed by atoms with Crippen LogP contribution in [0.1, 0.15) is 17.7 Å². The molecular formula is C12H15N3O4. The molecule has 2 amide bonds. The summed E-state index contributed by atoms with van der Waals surface area (Å²) in [4.78, 5) is 37.3. The van der Waals surface area contributed by atoms with Crippen molar-refractivity contribution in [2.24, 2.45) is 5.73 Å². The zero-order chi connectivity index (χ0) is 14.4. The van der Waals surface area contributed by atoms with Crippen LogP contribution in [0.15, 0.2) is 18.3 Å². The molecule has 0 saturated carbocycles. The summed E-state index contributed by atoms with van der Waals surface area (Å²) in [5.74, 6) is -2.61. The van der Waals surface area contributed by atoms with Gasteiger partial charge in [0.05, 0.1) is 18.5 Å². The first-order valence-electron chi connectivity index (χ1n) is 5.61. The van der Waals surface area contributed by atoms with E-state index in [-0.39, 0.29) is 6.42 Å². The maximum atomic E-state index is 11.7. The zero-order valence-electron chi connectivity index (χ0n) is 10.4. The third-order valence-corrected chi connectivity index (χ3v) is 2.48. The van der Waals surface area contributed by atoms with Gasteiger partial charge in [0.1, 0.15) is 6.04 Å². The van der Waals surface area contributed by atoms with Gasteiger partial charge in [-0.2, -0.15) is 0 Å². The Hall–Kier alpha value is -2.44. The van der Waals surface area contributed by atoms with E-state index in [4.69, 9.17) is 10.8 Å². The molecule has 1 atom stereocenters. The van der Waals surface area contributed by atoms with Gasteiger partial charge in [0.25, 0.3) is 0 Å². The van der Waals surface area contributed by atoms with Gasteiger partial charge in [0, 0.05) is 6.20 Å². The molecule has 1 heterocycles. The number of nitrogens with zero attached hydrogens (tertiary/aromatic N) is 1. The summed E-state index contributed by atoms with van der Waals surface area (Å²) in [5, 5.41) is 11.1. The van der Waals surface area contributed by atoms with E-state index in [1.54, 1.807) is 25.3 Å². The van der Waals surface area contributed by atoms with Crippen LogP contribution in [0, 0.1) is 6.92 Å². The summed E-state index contributed by atoms with van der Waals surface area (Å²) in [6, 6.07) is 2.23. The van der Waals surface area contributed by atoms with Crippen molar-refractivity contribution < 1.29 is 19.5 Å². The Balaban J connectivity index is 2.65. The first kappa shape index (κ1) is 14.6.